The third kappa shape index (κ3) is 4.80. The van der Waals surface area contributed by atoms with Crippen LogP contribution in [0.15, 0.2) is 0 Å². The Bertz CT molecular complexity index is 76.8. The highest BCUT2D eigenvalue weighted by Crippen LogP contribution is 2.11. The van der Waals surface area contributed by atoms with Gasteiger partial charge in [0, 0.05) is 0 Å². The van der Waals surface area contributed by atoms with Crippen molar-refractivity contribution in [3.8, 4) is 0 Å². The molecule has 0 saturated carbocycles. The Labute approximate surface area is 64.5 Å². The molecule has 1 heteroatoms. The van der Waals surface area contributed by atoms with E-state index in [1.807, 2.05) is 20.3 Å². The minimum Gasteiger partial charge on any atom is -0.393 e. The van der Waals surface area contributed by atoms with Crippen molar-refractivity contribution in [2.24, 2.45) is 11.8 Å². The van der Waals surface area contributed by atoms with Gasteiger partial charge in [0.05, 0.1) is 6.10 Å². The molecule has 0 amide bonds. The van der Waals surface area contributed by atoms with E-state index in [1.165, 1.54) is 0 Å². The lowest BCUT2D eigenvalue weighted by molar-refractivity contribution is 0.150. The summed E-state index contributed by atoms with van der Waals surface area (Å²) in [4.78, 5) is 0. The highest BCUT2D eigenvalue weighted by molar-refractivity contribution is 4.78. The zero-order chi connectivity index (χ0) is 8.15. The number of hydrogen-bond acceptors (Lipinski definition) is 1. The molecular weight excluding hydrogens is 124 g/mol. The molecule has 0 aromatic rings. The van der Waals surface area contributed by atoms with Gasteiger partial charge in [-0.05, 0) is 24.7 Å². The Kier molecular flexibility index (Phi) is 4.71. The molecule has 1 nitrogen and oxygen atoms in total. The molecular formula is C9H19O. The minimum absolute atomic E-state index is 0.220. The van der Waals surface area contributed by atoms with Crippen LogP contribution in [0.2, 0.25) is 0 Å². The summed E-state index contributed by atoms with van der Waals surface area (Å²) < 4.78 is 0. The van der Waals surface area contributed by atoms with Crippen LogP contribution < -0.4 is 0 Å². The summed E-state index contributed by atoms with van der Waals surface area (Å²) in [7, 11) is 0. The molecule has 0 spiro atoms. The Morgan fingerprint density at radius 1 is 1.20 bits per heavy atom. The average Bonchev–Trinajstić information content (AvgIpc) is 1.82. The van der Waals surface area contributed by atoms with Crippen LogP contribution in [0.25, 0.3) is 0 Å². The van der Waals surface area contributed by atoms with Crippen molar-refractivity contribution < 1.29 is 5.11 Å². The first kappa shape index (κ1) is 9.96. The van der Waals surface area contributed by atoms with Crippen LogP contribution >= 0.6 is 0 Å². The zero-order valence-corrected chi connectivity index (χ0v) is 7.46. The van der Waals surface area contributed by atoms with Gasteiger partial charge < -0.3 is 5.11 Å². The highest BCUT2D eigenvalue weighted by atomic mass is 16.3. The molecule has 0 heterocycles. The summed E-state index contributed by atoms with van der Waals surface area (Å²) >= 11 is 0. The van der Waals surface area contributed by atoms with Gasteiger partial charge in [0.25, 0.3) is 0 Å². The minimum atomic E-state index is -0.220. The molecule has 0 fully saturated rings. The first-order valence-electron chi connectivity index (χ1n) is 4.05. The Morgan fingerprint density at radius 2 is 1.70 bits per heavy atom. The maximum atomic E-state index is 9.32. The van der Waals surface area contributed by atoms with Crippen LogP contribution in [-0.2, 0) is 0 Å². The molecule has 61 valence electrons. The summed E-state index contributed by atoms with van der Waals surface area (Å²) in [5, 5.41) is 9.32. The summed E-state index contributed by atoms with van der Waals surface area (Å²) in [6, 6.07) is 0. The molecule has 1 atom stereocenters. The van der Waals surface area contributed by atoms with E-state index in [0.717, 1.165) is 6.42 Å². The van der Waals surface area contributed by atoms with Crippen molar-refractivity contribution in [3.05, 3.63) is 6.42 Å². The van der Waals surface area contributed by atoms with Gasteiger partial charge in [0.2, 0.25) is 0 Å². The van der Waals surface area contributed by atoms with Gasteiger partial charge in [-0.25, -0.2) is 0 Å². The van der Waals surface area contributed by atoms with Crippen LogP contribution in [0.1, 0.15) is 34.1 Å². The summed E-state index contributed by atoms with van der Waals surface area (Å²) in [6.07, 6.45) is 2.79. The fraction of sp³-hybridized carbons (Fsp3) is 0.889. The zero-order valence-electron chi connectivity index (χ0n) is 7.46. The van der Waals surface area contributed by atoms with Gasteiger partial charge in [-0.2, -0.15) is 0 Å². The van der Waals surface area contributed by atoms with Crippen LogP contribution in [-0.4, -0.2) is 11.2 Å². The van der Waals surface area contributed by atoms with Crippen LogP contribution in [0, 0.1) is 18.3 Å². The van der Waals surface area contributed by atoms with E-state index < -0.39 is 0 Å². The van der Waals surface area contributed by atoms with Crippen molar-refractivity contribution in [2.75, 3.05) is 0 Å². The number of rotatable bonds is 4. The molecule has 0 aliphatic rings. The molecule has 0 bridgehead atoms. The predicted octanol–water partition coefficient (Wildman–Crippen LogP) is 2.25. The Balaban J connectivity index is 3.30. The van der Waals surface area contributed by atoms with Crippen LogP contribution in [0.5, 0.6) is 0 Å². The summed E-state index contributed by atoms with van der Waals surface area (Å²) in [5.41, 5.74) is 0. The second-order valence-electron chi connectivity index (χ2n) is 3.60. The Morgan fingerprint density at radius 3 is 2.00 bits per heavy atom. The molecule has 1 unspecified atom stereocenters. The highest BCUT2D eigenvalue weighted by Gasteiger charge is 2.09. The van der Waals surface area contributed by atoms with E-state index in [0.29, 0.717) is 11.8 Å². The molecule has 0 aliphatic carbocycles. The van der Waals surface area contributed by atoms with Crippen molar-refractivity contribution in [3.63, 3.8) is 0 Å². The quantitative estimate of drug-likeness (QED) is 0.640. The molecule has 0 aromatic carbocycles. The number of hydrogen-bond donors (Lipinski definition) is 1. The molecule has 1 radical (unpaired) electrons. The predicted molar refractivity (Wildman–Crippen MR) is 44.6 cm³/mol. The van der Waals surface area contributed by atoms with Gasteiger partial charge in [-0.3, -0.25) is 0 Å². The maximum Gasteiger partial charge on any atom is 0.0594 e. The average molecular weight is 143 g/mol. The van der Waals surface area contributed by atoms with E-state index in [-0.39, 0.29) is 6.10 Å². The maximum absolute atomic E-state index is 9.32. The molecule has 1 N–H and O–H groups in total. The SMILES string of the molecule is CC(C)C[CH]C(O)C(C)C. The van der Waals surface area contributed by atoms with Gasteiger partial charge >= 0.3 is 0 Å². The van der Waals surface area contributed by atoms with E-state index in [9.17, 15) is 5.11 Å². The topological polar surface area (TPSA) is 20.2 Å². The van der Waals surface area contributed by atoms with Crippen molar-refractivity contribution in [2.45, 2.75) is 40.2 Å². The van der Waals surface area contributed by atoms with Crippen molar-refractivity contribution in [1.29, 1.82) is 0 Å². The largest absolute Gasteiger partial charge is 0.393 e. The van der Waals surface area contributed by atoms with E-state index >= 15 is 0 Å². The molecule has 0 saturated heterocycles. The normalized spacial score (nSPS) is 14.7. The first-order valence-corrected chi connectivity index (χ1v) is 4.05. The van der Waals surface area contributed by atoms with Crippen molar-refractivity contribution >= 4 is 0 Å². The lowest BCUT2D eigenvalue weighted by Gasteiger charge is -2.14. The number of aliphatic hydroxyl groups excluding tert-OH is 1. The van der Waals surface area contributed by atoms with Gasteiger partial charge in [-0.15, -0.1) is 0 Å². The van der Waals surface area contributed by atoms with E-state index in [4.69, 9.17) is 0 Å². The van der Waals surface area contributed by atoms with Gasteiger partial charge in [0.15, 0.2) is 0 Å². The summed E-state index contributed by atoms with van der Waals surface area (Å²) in [5.74, 6) is 1.02. The van der Waals surface area contributed by atoms with E-state index in [2.05, 4.69) is 13.8 Å². The fourth-order valence-corrected chi connectivity index (χ4v) is 0.684. The molecule has 0 rings (SSSR count). The molecule has 0 aromatic heterocycles. The second-order valence-corrected chi connectivity index (χ2v) is 3.60. The third-order valence-electron chi connectivity index (χ3n) is 1.53. The Hall–Kier alpha value is -0.0400. The standard InChI is InChI=1S/C9H19O/c1-7(2)5-6-9(10)8(3)4/h6-10H,5H2,1-4H3. The fourth-order valence-electron chi connectivity index (χ4n) is 0.684. The number of aliphatic hydroxyl groups is 1. The lowest BCUT2D eigenvalue weighted by atomic mass is 9.98. The smallest absolute Gasteiger partial charge is 0.0594 e. The first-order chi connectivity index (χ1) is 4.54. The van der Waals surface area contributed by atoms with Gasteiger partial charge in [-0.1, -0.05) is 27.7 Å². The van der Waals surface area contributed by atoms with Crippen molar-refractivity contribution in [1.82, 2.24) is 0 Å². The lowest BCUT2D eigenvalue weighted by Crippen LogP contribution is -2.15. The molecule has 0 aliphatic heterocycles. The monoisotopic (exact) mass is 143 g/mol. The van der Waals surface area contributed by atoms with Gasteiger partial charge in [0.1, 0.15) is 0 Å². The third-order valence-corrected chi connectivity index (χ3v) is 1.53. The summed E-state index contributed by atoms with van der Waals surface area (Å²) in [6.45, 7) is 8.37. The van der Waals surface area contributed by atoms with E-state index in [1.54, 1.807) is 0 Å². The second kappa shape index (κ2) is 4.73. The molecule has 10 heavy (non-hydrogen) atoms. The van der Waals surface area contributed by atoms with Crippen LogP contribution in [0.4, 0.5) is 0 Å². The van der Waals surface area contributed by atoms with Crippen LogP contribution in [0.3, 0.4) is 0 Å².